The Balaban J connectivity index is 2.11. The maximum atomic E-state index is 12.1. The number of aromatic nitrogens is 1. The molecule has 0 fully saturated rings. The second-order valence-electron chi connectivity index (χ2n) is 4.58. The van der Waals surface area contributed by atoms with Crippen molar-refractivity contribution in [2.45, 2.75) is 19.9 Å². The highest BCUT2D eigenvalue weighted by atomic mass is 16.5. The monoisotopic (exact) mass is 284 g/mol. The van der Waals surface area contributed by atoms with Gasteiger partial charge in [-0.05, 0) is 31.5 Å². The normalized spacial score (nSPS) is 11.4. The van der Waals surface area contributed by atoms with E-state index in [1.54, 1.807) is 6.92 Å². The lowest BCUT2D eigenvalue weighted by molar-refractivity contribution is 0.0938. The Hall–Kier alpha value is -2.58. The number of aliphatic hydroxyl groups excluding tert-OH is 1. The van der Waals surface area contributed by atoms with E-state index in [1.807, 2.05) is 31.2 Å². The first kappa shape index (κ1) is 14.8. The van der Waals surface area contributed by atoms with Crippen molar-refractivity contribution in [2.75, 3.05) is 6.61 Å². The van der Waals surface area contributed by atoms with Gasteiger partial charge in [-0.2, -0.15) is 0 Å². The van der Waals surface area contributed by atoms with E-state index in [-0.39, 0.29) is 18.6 Å². The van der Waals surface area contributed by atoms with Crippen LogP contribution in [0.3, 0.4) is 0 Å². The summed E-state index contributed by atoms with van der Waals surface area (Å²) in [5.41, 5.74) is 2.16. The van der Waals surface area contributed by atoms with Crippen LogP contribution in [0.4, 0.5) is 0 Å². The molecule has 0 bridgehead atoms. The molecule has 2 N–H and O–H groups in total. The first-order valence-electron chi connectivity index (χ1n) is 6.53. The Labute approximate surface area is 123 Å². The first-order valence-corrected chi connectivity index (χ1v) is 6.53. The molecule has 5 heteroatoms. The number of hydrogen-bond donors (Lipinski definition) is 2. The quantitative estimate of drug-likeness (QED) is 0.843. The number of hydrogen-bond acceptors (Lipinski definition) is 4. The highest BCUT2D eigenvalue weighted by Crippen LogP contribution is 2.15. The highest BCUT2D eigenvalue weighted by molar-refractivity contribution is 5.94. The molecule has 2 rings (SSSR count). The van der Waals surface area contributed by atoms with Crippen molar-refractivity contribution in [3.05, 3.63) is 52.9 Å². The summed E-state index contributed by atoms with van der Waals surface area (Å²) in [4.78, 5) is 12.1. The molecule has 1 unspecified atom stereocenters. The molecule has 0 spiro atoms. The Morgan fingerprint density at radius 2 is 2.33 bits per heavy atom. The summed E-state index contributed by atoms with van der Waals surface area (Å²) in [6, 6.07) is 7.33. The van der Waals surface area contributed by atoms with Gasteiger partial charge in [0.25, 0.3) is 5.91 Å². The van der Waals surface area contributed by atoms with Gasteiger partial charge >= 0.3 is 0 Å². The fourth-order valence-electron chi connectivity index (χ4n) is 1.90. The van der Waals surface area contributed by atoms with E-state index in [9.17, 15) is 4.79 Å². The van der Waals surface area contributed by atoms with E-state index < -0.39 is 0 Å². The Kier molecular flexibility index (Phi) is 4.75. The minimum absolute atomic E-state index is 0.177. The molecule has 5 nitrogen and oxygen atoms in total. The lowest BCUT2D eigenvalue weighted by atomic mass is 10.0. The summed E-state index contributed by atoms with van der Waals surface area (Å²) < 4.78 is 4.88. The van der Waals surface area contributed by atoms with Crippen molar-refractivity contribution in [3.8, 4) is 11.8 Å². The average Bonchev–Trinajstić information content (AvgIpc) is 2.91. The van der Waals surface area contributed by atoms with Crippen LogP contribution in [0, 0.1) is 18.8 Å². The van der Waals surface area contributed by atoms with Crippen LogP contribution in [-0.4, -0.2) is 22.8 Å². The number of carbonyl (C=O) groups is 1. The third-order valence-corrected chi connectivity index (χ3v) is 3.04. The third kappa shape index (κ3) is 3.71. The summed E-state index contributed by atoms with van der Waals surface area (Å²) >= 11 is 0. The van der Waals surface area contributed by atoms with Crippen molar-refractivity contribution in [1.29, 1.82) is 0 Å². The second-order valence-corrected chi connectivity index (χ2v) is 4.58. The van der Waals surface area contributed by atoms with E-state index in [2.05, 4.69) is 22.3 Å². The van der Waals surface area contributed by atoms with Crippen LogP contribution >= 0.6 is 0 Å². The predicted molar refractivity (Wildman–Crippen MR) is 77.5 cm³/mol. The zero-order chi connectivity index (χ0) is 15.2. The molecule has 0 aliphatic carbocycles. The van der Waals surface area contributed by atoms with Gasteiger partial charge in [-0.25, -0.2) is 0 Å². The van der Waals surface area contributed by atoms with Crippen LogP contribution in [0.1, 0.15) is 40.2 Å². The SMILES string of the molecule is Cc1oncc1C(=O)NC(C)c1cccc(C#CCO)c1. The maximum absolute atomic E-state index is 12.1. The van der Waals surface area contributed by atoms with Crippen LogP contribution in [0.25, 0.3) is 0 Å². The van der Waals surface area contributed by atoms with Gasteiger partial charge in [-0.15, -0.1) is 0 Å². The smallest absolute Gasteiger partial charge is 0.256 e. The van der Waals surface area contributed by atoms with E-state index in [1.165, 1.54) is 6.20 Å². The Morgan fingerprint density at radius 1 is 1.52 bits per heavy atom. The summed E-state index contributed by atoms with van der Waals surface area (Å²) in [6.45, 7) is 3.40. The van der Waals surface area contributed by atoms with Gasteiger partial charge in [0.1, 0.15) is 17.9 Å². The van der Waals surface area contributed by atoms with Crippen LogP contribution < -0.4 is 5.32 Å². The average molecular weight is 284 g/mol. The minimum atomic E-state index is -0.229. The number of aliphatic hydroxyl groups is 1. The van der Waals surface area contributed by atoms with Gasteiger partial charge in [-0.3, -0.25) is 4.79 Å². The molecule has 0 aliphatic heterocycles. The van der Waals surface area contributed by atoms with E-state index in [4.69, 9.17) is 9.63 Å². The van der Waals surface area contributed by atoms with Crippen molar-refractivity contribution in [3.63, 3.8) is 0 Å². The Bertz CT molecular complexity index is 695. The zero-order valence-corrected chi connectivity index (χ0v) is 11.9. The van der Waals surface area contributed by atoms with Crippen molar-refractivity contribution < 1.29 is 14.4 Å². The predicted octanol–water partition coefficient (Wildman–Crippen LogP) is 1.82. The first-order chi connectivity index (χ1) is 10.1. The molecule has 2 aromatic rings. The van der Waals surface area contributed by atoms with Gasteiger partial charge in [-0.1, -0.05) is 29.1 Å². The number of nitrogens with one attached hydrogen (secondary N) is 1. The number of benzene rings is 1. The van der Waals surface area contributed by atoms with Crippen molar-refractivity contribution in [2.24, 2.45) is 0 Å². The molecule has 1 aromatic carbocycles. The summed E-state index contributed by atoms with van der Waals surface area (Å²) in [7, 11) is 0. The molecule has 1 heterocycles. The van der Waals surface area contributed by atoms with Crippen LogP contribution in [-0.2, 0) is 0 Å². The van der Waals surface area contributed by atoms with Gasteiger partial charge in [0.15, 0.2) is 0 Å². The largest absolute Gasteiger partial charge is 0.384 e. The molecule has 0 radical (unpaired) electrons. The number of carbonyl (C=O) groups excluding carboxylic acids is 1. The third-order valence-electron chi connectivity index (χ3n) is 3.04. The van der Waals surface area contributed by atoms with Gasteiger partial charge in [0.05, 0.1) is 12.2 Å². The highest BCUT2D eigenvalue weighted by Gasteiger charge is 2.16. The molecule has 108 valence electrons. The molecule has 21 heavy (non-hydrogen) atoms. The molecule has 0 saturated carbocycles. The Morgan fingerprint density at radius 3 is 3.00 bits per heavy atom. The molecule has 0 saturated heterocycles. The fraction of sp³-hybridized carbons (Fsp3) is 0.250. The fourth-order valence-corrected chi connectivity index (χ4v) is 1.90. The standard InChI is InChI=1S/C16H16N2O3/c1-11(18-16(20)15-10-17-21-12(15)2)14-7-3-5-13(9-14)6-4-8-19/h3,5,7,9-11,19H,8H2,1-2H3,(H,18,20). The van der Waals surface area contributed by atoms with Crippen molar-refractivity contribution >= 4 is 5.91 Å². The molecule has 1 aromatic heterocycles. The topological polar surface area (TPSA) is 75.4 Å². The van der Waals surface area contributed by atoms with Crippen molar-refractivity contribution in [1.82, 2.24) is 10.5 Å². The minimum Gasteiger partial charge on any atom is -0.384 e. The number of rotatable bonds is 3. The molecule has 1 amide bonds. The summed E-state index contributed by atoms with van der Waals surface area (Å²) in [6.07, 6.45) is 1.40. The number of aryl methyl sites for hydroxylation is 1. The van der Waals surface area contributed by atoms with Crippen LogP contribution in [0.2, 0.25) is 0 Å². The molecular weight excluding hydrogens is 268 g/mol. The number of amides is 1. The lowest BCUT2D eigenvalue weighted by Crippen LogP contribution is -2.26. The maximum Gasteiger partial charge on any atom is 0.256 e. The number of nitrogens with zero attached hydrogens (tertiary/aromatic N) is 1. The molecule has 1 atom stereocenters. The lowest BCUT2D eigenvalue weighted by Gasteiger charge is -2.14. The van der Waals surface area contributed by atoms with Crippen LogP contribution in [0.5, 0.6) is 0 Å². The zero-order valence-electron chi connectivity index (χ0n) is 11.9. The van der Waals surface area contributed by atoms with E-state index in [0.717, 1.165) is 11.1 Å². The van der Waals surface area contributed by atoms with Gasteiger partial charge < -0.3 is 14.9 Å². The van der Waals surface area contributed by atoms with Crippen LogP contribution in [0.15, 0.2) is 35.0 Å². The second kappa shape index (κ2) is 6.73. The summed E-state index contributed by atoms with van der Waals surface area (Å²) in [5.74, 6) is 5.70. The van der Waals surface area contributed by atoms with Gasteiger partial charge in [0.2, 0.25) is 0 Å². The molecular formula is C16H16N2O3. The van der Waals surface area contributed by atoms with E-state index in [0.29, 0.717) is 11.3 Å². The molecule has 0 aliphatic rings. The van der Waals surface area contributed by atoms with Gasteiger partial charge in [0, 0.05) is 5.56 Å². The van der Waals surface area contributed by atoms with E-state index >= 15 is 0 Å². The summed E-state index contributed by atoms with van der Waals surface area (Å²) in [5, 5.41) is 15.2.